The summed E-state index contributed by atoms with van der Waals surface area (Å²) in [5.41, 5.74) is 0. The average Bonchev–Trinajstić information content (AvgIpc) is 3.50. The molecule has 1 aliphatic rings. The van der Waals surface area contributed by atoms with Crippen LogP contribution in [0, 0.1) is 17.8 Å². The van der Waals surface area contributed by atoms with Crippen LogP contribution in [0.4, 0.5) is 0 Å². The van der Waals surface area contributed by atoms with E-state index in [-0.39, 0.29) is 0 Å². The molecular weight excluding hydrogens is 400 g/mol. The minimum absolute atomic E-state index is 0.775. The van der Waals surface area contributed by atoms with E-state index in [0.29, 0.717) is 0 Å². The van der Waals surface area contributed by atoms with E-state index in [1.807, 2.05) is 79.9 Å². The van der Waals surface area contributed by atoms with Gasteiger partial charge in [0, 0.05) is 18.4 Å². The molecule has 0 aromatic carbocycles. The minimum Gasteiger partial charge on any atom is -0.368 e. The SMILES string of the molecule is CC.CC.CC.CC.CC(C)C.CC(C)C.CC(C)C.CC(C)N1CCCC1.c1cc[nH]c1. The Kier molecular flexibility index (Phi) is 79.2. The van der Waals surface area contributed by atoms with Crippen molar-refractivity contribution in [2.24, 2.45) is 17.8 Å². The number of hydrogen-bond acceptors (Lipinski definition) is 1. The highest BCUT2D eigenvalue weighted by atomic mass is 15.2. The third kappa shape index (κ3) is 115. The molecule has 2 nitrogen and oxygen atoms in total. The van der Waals surface area contributed by atoms with Crippen molar-refractivity contribution >= 4 is 0 Å². The first-order valence-corrected chi connectivity index (χ1v) is 14.3. The van der Waals surface area contributed by atoms with Gasteiger partial charge < -0.3 is 9.88 Å². The van der Waals surface area contributed by atoms with Crippen molar-refractivity contribution in [3.63, 3.8) is 0 Å². The van der Waals surface area contributed by atoms with Gasteiger partial charge >= 0.3 is 0 Å². The first-order valence-electron chi connectivity index (χ1n) is 14.3. The topological polar surface area (TPSA) is 19.0 Å². The van der Waals surface area contributed by atoms with Crippen molar-refractivity contribution in [2.75, 3.05) is 13.1 Å². The molecule has 1 aromatic rings. The van der Waals surface area contributed by atoms with Crippen molar-refractivity contribution in [3.8, 4) is 0 Å². The number of rotatable bonds is 1. The summed E-state index contributed by atoms with van der Waals surface area (Å²) in [7, 11) is 0. The molecule has 2 heterocycles. The third-order valence-corrected chi connectivity index (χ3v) is 2.37. The van der Waals surface area contributed by atoms with E-state index in [1.165, 1.54) is 25.9 Å². The fraction of sp³-hybridized carbons (Fsp3) is 0.871. The van der Waals surface area contributed by atoms with Crippen LogP contribution in [-0.4, -0.2) is 29.0 Å². The fourth-order valence-corrected chi connectivity index (χ4v) is 1.54. The molecule has 0 bridgehead atoms. The number of hydrogen-bond donors (Lipinski definition) is 1. The van der Waals surface area contributed by atoms with Crippen molar-refractivity contribution in [3.05, 3.63) is 24.5 Å². The maximum Gasteiger partial charge on any atom is 0.00385 e. The van der Waals surface area contributed by atoms with Crippen LogP contribution < -0.4 is 0 Å². The van der Waals surface area contributed by atoms with Crippen LogP contribution in [0.1, 0.15) is 144 Å². The van der Waals surface area contributed by atoms with Crippen molar-refractivity contribution in [2.45, 2.75) is 150 Å². The smallest absolute Gasteiger partial charge is 0.00385 e. The van der Waals surface area contributed by atoms with Gasteiger partial charge in [0.25, 0.3) is 0 Å². The van der Waals surface area contributed by atoms with E-state index in [2.05, 4.69) is 86.0 Å². The van der Waals surface area contributed by atoms with Gasteiger partial charge in [-0.25, -0.2) is 0 Å². The fourth-order valence-electron chi connectivity index (χ4n) is 1.54. The van der Waals surface area contributed by atoms with Gasteiger partial charge in [0.05, 0.1) is 0 Å². The Hall–Kier alpha value is -0.760. The van der Waals surface area contributed by atoms with Gasteiger partial charge in [-0.05, 0) is 69.7 Å². The Morgan fingerprint density at radius 3 is 0.788 bits per heavy atom. The van der Waals surface area contributed by atoms with Crippen LogP contribution in [0.15, 0.2) is 24.5 Å². The summed E-state index contributed by atoms with van der Waals surface area (Å²) in [5.74, 6) is 2.50. The summed E-state index contributed by atoms with van der Waals surface area (Å²) in [5, 5.41) is 0. The Labute approximate surface area is 215 Å². The number of H-pyrrole nitrogens is 1. The Morgan fingerprint density at radius 1 is 0.485 bits per heavy atom. The van der Waals surface area contributed by atoms with Crippen molar-refractivity contribution in [1.82, 2.24) is 9.88 Å². The minimum atomic E-state index is 0.775. The lowest BCUT2D eigenvalue weighted by atomic mass is 10.3. The Balaban J connectivity index is -0.0000000488. The van der Waals surface area contributed by atoms with E-state index in [9.17, 15) is 0 Å². The molecule has 1 aromatic heterocycles. The molecule has 1 fully saturated rings. The van der Waals surface area contributed by atoms with Crippen LogP contribution in [-0.2, 0) is 0 Å². The summed E-state index contributed by atoms with van der Waals surface area (Å²) in [6.07, 6.45) is 6.58. The van der Waals surface area contributed by atoms with Crippen LogP contribution in [0.3, 0.4) is 0 Å². The van der Waals surface area contributed by atoms with Gasteiger partial charge in [-0.1, -0.05) is 118 Å². The zero-order valence-electron chi connectivity index (χ0n) is 27.4. The Bertz CT molecular complexity index is 255. The number of nitrogens with zero attached hydrogens (tertiary/aromatic N) is 1. The molecule has 0 unspecified atom stereocenters. The zero-order valence-corrected chi connectivity index (χ0v) is 27.4. The monoisotopic (exact) mass is 475 g/mol. The molecule has 208 valence electrons. The molecule has 0 atom stereocenters. The molecule has 0 radical (unpaired) electrons. The third-order valence-electron chi connectivity index (χ3n) is 2.37. The molecule has 0 aliphatic carbocycles. The van der Waals surface area contributed by atoms with Gasteiger partial charge in [0.2, 0.25) is 0 Å². The summed E-state index contributed by atoms with van der Waals surface area (Å²) in [4.78, 5) is 5.39. The first kappa shape index (κ1) is 49.4. The van der Waals surface area contributed by atoms with Crippen LogP contribution in [0.2, 0.25) is 0 Å². The van der Waals surface area contributed by atoms with Gasteiger partial charge in [0.15, 0.2) is 0 Å². The second-order valence-corrected chi connectivity index (χ2v) is 8.92. The summed E-state index contributed by atoms with van der Waals surface area (Å²) < 4.78 is 0. The quantitative estimate of drug-likeness (QED) is 0.428. The number of likely N-dealkylation sites (tertiary alicyclic amines) is 1. The summed E-state index contributed by atoms with van der Waals surface area (Å²) >= 11 is 0. The largest absolute Gasteiger partial charge is 0.368 e. The molecule has 1 saturated heterocycles. The lowest BCUT2D eigenvalue weighted by Gasteiger charge is -2.18. The van der Waals surface area contributed by atoms with Gasteiger partial charge in [-0.3, -0.25) is 0 Å². The lowest BCUT2D eigenvalue weighted by Crippen LogP contribution is -2.26. The second kappa shape index (κ2) is 52.9. The van der Waals surface area contributed by atoms with Crippen molar-refractivity contribution < 1.29 is 0 Å². The summed E-state index contributed by atoms with van der Waals surface area (Å²) in [6, 6.07) is 4.66. The molecule has 1 aliphatic heterocycles. The number of aromatic nitrogens is 1. The van der Waals surface area contributed by atoms with Crippen LogP contribution >= 0.6 is 0 Å². The molecule has 0 amide bonds. The highest BCUT2D eigenvalue weighted by Crippen LogP contribution is 2.09. The predicted molar refractivity (Wildman–Crippen MR) is 164 cm³/mol. The van der Waals surface area contributed by atoms with Gasteiger partial charge in [-0.15, -0.1) is 0 Å². The lowest BCUT2D eigenvalue weighted by molar-refractivity contribution is 0.276. The Morgan fingerprint density at radius 2 is 0.697 bits per heavy atom. The normalized spacial score (nSPS) is 10.8. The summed E-state index contributed by atoms with van der Waals surface area (Å²) in [6.45, 7) is 42.7. The van der Waals surface area contributed by atoms with Gasteiger partial charge in [0.1, 0.15) is 0 Å². The van der Waals surface area contributed by atoms with E-state index >= 15 is 0 Å². The number of nitrogens with one attached hydrogen (secondary N) is 1. The van der Waals surface area contributed by atoms with E-state index in [4.69, 9.17) is 0 Å². The number of aromatic amines is 1. The molecule has 2 rings (SSSR count). The average molecular weight is 475 g/mol. The molecule has 2 heteroatoms. The predicted octanol–water partition coefficient (Wildman–Crippen LogP) is 11.6. The van der Waals surface area contributed by atoms with Crippen LogP contribution in [0.5, 0.6) is 0 Å². The highest BCUT2D eigenvalue weighted by molar-refractivity contribution is 4.84. The molecular formula is C31H74N2. The zero-order chi connectivity index (χ0) is 28.3. The maximum atomic E-state index is 2.86. The molecule has 0 saturated carbocycles. The first-order chi connectivity index (χ1) is 15.5. The van der Waals surface area contributed by atoms with E-state index in [0.717, 1.165) is 23.8 Å². The van der Waals surface area contributed by atoms with Gasteiger partial charge in [-0.2, -0.15) is 0 Å². The second-order valence-electron chi connectivity index (χ2n) is 8.92. The standard InChI is InChI=1S/C7H15N.C4H5N.3C4H10.4C2H6/c1-7(2)8-5-3-4-6-8;1-2-4-5-3-1;3*1-4(2)3;4*1-2/h7H,3-6H2,1-2H3;1-5H;3*4H,1-3H3;4*1-2H3. The van der Waals surface area contributed by atoms with Crippen LogP contribution in [0.25, 0.3) is 0 Å². The maximum absolute atomic E-state index is 2.86. The molecule has 1 N–H and O–H groups in total. The molecule has 0 spiro atoms. The van der Waals surface area contributed by atoms with E-state index < -0.39 is 0 Å². The van der Waals surface area contributed by atoms with E-state index in [1.54, 1.807) is 0 Å². The van der Waals surface area contributed by atoms with Crippen molar-refractivity contribution in [1.29, 1.82) is 0 Å². The molecule has 33 heavy (non-hydrogen) atoms. The highest BCUT2D eigenvalue weighted by Gasteiger charge is 2.13.